The van der Waals surface area contributed by atoms with Crippen molar-refractivity contribution in [1.29, 1.82) is 0 Å². The minimum absolute atomic E-state index is 0.143. The van der Waals surface area contributed by atoms with E-state index in [2.05, 4.69) is 0 Å². The van der Waals surface area contributed by atoms with Gasteiger partial charge in [-0.25, -0.2) is 0 Å². The first-order valence-corrected chi connectivity index (χ1v) is 5.13. The van der Waals surface area contributed by atoms with Crippen LogP contribution in [-0.2, 0) is 9.59 Å². The average Bonchev–Trinajstić information content (AvgIpc) is 3.06. The third-order valence-corrected chi connectivity index (χ3v) is 3.24. The van der Waals surface area contributed by atoms with E-state index >= 15 is 0 Å². The van der Waals surface area contributed by atoms with Gasteiger partial charge in [0.15, 0.2) is 5.41 Å². The monoisotopic (exact) mass is 236 g/mol. The van der Waals surface area contributed by atoms with E-state index in [1.165, 1.54) is 7.11 Å². The normalized spacial score (nSPS) is 20.6. The second-order valence-electron chi connectivity index (χ2n) is 4.11. The number of carboxylic acid groups (broad SMARTS) is 2. The van der Waals surface area contributed by atoms with Gasteiger partial charge >= 0.3 is 11.9 Å². The summed E-state index contributed by atoms with van der Waals surface area (Å²) in [5.41, 5.74) is -0.926. The zero-order valence-corrected chi connectivity index (χ0v) is 9.21. The average molecular weight is 236 g/mol. The van der Waals surface area contributed by atoms with Crippen molar-refractivity contribution < 1.29 is 24.5 Å². The van der Waals surface area contributed by atoms with Crippen LogP contribution in [0.5, 0.6) is 5.75 Å². The number of methoxy groups -OCH3 is 1. The third kappa shape index (κ3) is 1.63. The van der Waals surface area contributed by atoms with E-state index in [1.807, 2.05) is 0 Å². The molecule has 1 unspecified atom stereocenters. The van der Waals surface area contributed by atoms with Crippen molar-refractivity contribution in [3.63, 3.8) is 0 Å². The van der Waals surface area contributed by atoms with Gasteiger partial charge in [-0.3, -0.25) is 9.59 Å². The lowest BCUT2D eigenvalue weighted by Crippen LogP contribution is -2.26. The molecular formula is C12H12O5. The molecule has 1 aliphatic rings. The number of ether oxygens (including phenoxy) is 1. The van der Waals surface area contributed by atoms with Crippen molar-refractivity contribution >= 4 is 11.9 Å². The maximum Gasteiger partial charge on any atom is 0.321 e. The highest BCUT2D eigenvalue weighted by Crippen LogP contribution is 2.59. The molecule has 2 rings (SSSR count). The molecule has 0 aliphatic heterocycles. The van der Waals surface area contributed by atoms with Crippen LogP contribution in [0.4, 0.5) is 0 Å². The molecule has 0 aromatic heterocycles. The largest absolute Gasteiger partial charge is 0.497 e. The van der Waals surface area contributed by atoms with Crippen LogP contribution in [0.15, 0.2) is 24.3 Å². The van der Waals surface area contributed by atoms with Gasteiger partial charge < -0.3 is 14.9 Å². The molecule has 1 saturated carbocycles. The van der Waals surface area contributed by atoms with Gasteiger partial charge in [0.05, 0.1) is 7.11 Å². The molecule has 2 N–H and O–H groups in total. The van der Waals surface area contributed by atoms with Crippen molar-refractivity contribution in [2.45, 2.75) is 12.3 Å². The zero-order chi connectivity index (χ0) is 12.6. The summed E-state index contributed by atoms with van der Waals surface area (Å²) >= 11 is 0. The van der Waals surface area contributed by atoms with Gasteiger partial charge in [-0.2, -0.15) is 0 Å². The highest BCUT2D eigenvalue weighted by molar-refractivity contribution is 6.03. The Morgan fingerprint density at radius 1 is 1.24 bits per heavy atom. The predicted octanol–water partition coefficient (Wildman–Crippen LogP) is 1.34. The molecule has 1 aromatic carbocycles. The first-order valence-electron chi connectivity index (χ1n) is 5.13. The fourth-order valence-electron chi connectivity index (χ4n) is 2.07. The number of hydrogen-bond acceptors (Lipinski definition) is 3. The van der Waals surface area contributed by atoms with E-state index < -0.39 is 23.3 Å². The number of benzene rings is 1. The van der Waals surface area contributed by atoms with Crippen molar-refractivity contribution in [2.24, 2.45) is 5.41 Å². The minimum atomic E-state index is -1.64. The van der Waals surface area contributed by atoms with E-state index in [4.69, 9.17) is 14.9 Å². The SMILES string of the molecule is COc1ccc(C2CC2(C(=O)O)C(=O)O)cc1. The number of aliphatic carboxylic acids is 2. The molecule has 0 amide bonds. The molecule has 5 nitrogen and oxygen atoms in total. The van der Waals surface area contributed by atoms with Gasteiger partial charge in [0, 0.05) is 5.92 Å². The molecule has 1 aromatic rings. The van der Waals surface area contributed by atoms with Gasteiger partial charge in [0.25, 0.3) is 0 Å². The highest BCUT2D eigenvalue weighted by atomic mass is 16.5. The molecule has 0 heterocycles. The standard InChI is InChI=1S/C12H12O5/c1-17-8-4-2-7(3-5-8)9-6-12(9,10(13)14)11(15)16/h2-5,9H,6H2,1H3,(H,13,14)(H,15,16). The maximum absolute atomic E-state index is 11.0. The lowest BCUT2D eigenvalue weighted by Gasteiger charge is -2.07. The summed E-state index contributed by atoms with van der Waals surface area (Å²) in [6.45, 7) is 0. The topological polar surface area (TPSA) is 83.8 Å². The van der Waals surface area contributed by atoms with E-state index in [9.17, 15) is 9.59 Å². The third-order valence-electron chi connectivity index (χ3n) is 3.24. The van der Waals surface area contributed by atoms with Crippen molar-refractivity contribution in [1.82, 2.24) is 0 Å². The fraction of sp³-hybridized carbons (Fsp3) is 0.333. The van der Waals surface area contributed by atoms with Gasteiger partial charge in [-0.1, -0.05) is 12.1 Å². The number of hydrogen-bond donors (Lipinski definition) is 2. The van der Waals surface area contributed by atoms with Crippen molar-refractivity contribution in [3.8, 4) is 5.75 Å². The van der Waals surface area contributed by atoms with Crippen LogP contribution in [0.2, 0.25) is 0 Å². The summed E-state index contributed by atoms with van der Waals surface area (Å²) in [6.07, 6.45) is 0.143. The first kappa shape index (κ1) is 11.4. The van der Waals surface area contributed by atoms with Crippen LogP contribution < -0.4 is 4.74 Å². The van der Waals surface area contributed by atoms with Crippen LogP contribution in [0.1, 0.15) is 17.9 Å². The molecule has 0 spiro atoms. The Balaban J connectivity index is 2.26. The molecule has 0 saturated heterocycles. The molecular weight excluding hydrogens is 224 g/mol. The molecule has 5 heteroatoms. The number of carbonyl (C=O) groups is 2. The summed E-state index contributed by atoms with van der Waals surface area (Å²) in [5.74, 6) is -2.34. The Hall–Kier alpha value is -2.04. The van der Waals surface area contributed by atoms with Gasteiger partial charge in [0.1, 0.15) is 5.75 Å². The number of rotatable bonds is 4. The molecule has 1 fully saturated rings. The smallest absolute Gasteiger partial charge is 0.321 e. The van der Waals surface area contributed by atoms with Crippen LogP contribution in [0.3, 0.4) is 0 Å². The second-order valence-corrected chi connectivity index (χ2v) is 4.11. The lowest BCUT2D eigenvalue weighted by molar-refractivity contribution is -0.157. The summed E-state index contributed by atoms with van der Waals surface area (Å²) in [6, 6.07) is 6.80. The van der Waals surface area contributed by atoms with E-state index in [0.29, 0.717) is 5.75 Å². The molecule has 1 atom stereocenters. The highest BCUT2D eigenvalue weighted by Gasteiger charge is 2.67. The second kappa shape index (κ2) is 3.76. The van der Waals surface area contributed by atoms with Gasteiger partial charge in [0.2, 0.25) is 0 Å². The lowest BCUT2D eigenvalue weighted by atomic mass is 9.99. The van der Waals surface area contributed by atoms with Gasteiger partial charge in [-0.05, 0) is 24.1 Å². The molecule has 0 radical (unpaired) electrons. The summed E-state index contributed by atoms with van der Waals surface area (Å²) in [5, 5.41) is 18.0. The first-order chi connectivity index (χ1) is 8.02. The van der Waals surface area contributed by atoms with Crippen LogP contribution >= 0.6 is 0 Å². The Bertz CT molecular complexity index is 448. The van der Waals surface area contributed by atoms with Gasteiger partial charge in [-0.15, -0.1) is 0 Å². The van der Waals surface area contributed by atoms with Crippen LogP contribution in [-0.4, -0.2) is 29.3 Å². The van der Waals surface area contributed by atoms with Crippen molar-refractivity contribution in [3.05, 3.63) is 29.8 Å². The summed E-state index contributed by atoms with van der Waals surface area (Å²) < 4.78 is 4.98. The Kier molecular flexibility index (Phi) is 2.53. The zero-order valence-electron chi connectivity index (χ0n) is 9.21. The predicted molar refractivity (Wildman–Crippen MR) is 58.1 cm³/mol. The molecule has 90 valence electrons. The van der Waals surface area contributed by atoms with E-state index in [1.54, 1.807) is 24.3 Å². The van der Waals surface area contributed by atoms with E-state index in [0.717, 1.165) is 5.56 Å². The minimum Gasteiger partial charge on any atom is -0.497 e. The molecule has 1 aliphatic carbocycles. The van der Waals surface area contributed by atoms with E-state index in [-0.39, 0.29) is 6.42 Å². The van der Waals surface area contributed by atoms with Crippen molar-refractivity contribution in [2.75, 3.05) is 7.11 Å². The van der Waals surface area contributed by atoms with Crippen LogP contribution in [0.25, 0.3) is 0 Å². The molecule has 17 heavy (non-hydrogen) atoms. The molecule has 0 bridgehead atoms. The summed E-state index contributed by atoms with van der Waals surface area (Å²) in [7, 11) is 1.53. The Morgan fingerprint density at radius 3 is 2.12 bits per heavy atom. The quantitative estimate of drug-likeness (QED) is 0.770. The fourth-order valence-corrected chi connectivity index (χ4v) is 2.07. The number of carboxylic acids is 2. The maximum atomic E-state index is 11.0. The Morgan fingerprint density at radius 2 is 1.76 bits per heavy atom. The van der Waals surface area contributed by atoms with Crippen LogP contribution in [0, 0.1) is 5.41 Å². The Labute approximate surface area is 97.6 Å². The summed E-state index contributed by atoms with van der Waals surface area (Å²) in [4.78, 5) is 22.1.